The van der Waals surface area contributed by atoms with Gasteiger partial charge in [0, 0.05) is 23.7 Å². The number of fused-ring (bicyclic) bond motifs is 1. The Morgan fingerprint density at radius 1 is 1.11 bits per heavy atom. The second kappa shape index (κ2) is 7.19. The Hall–Kier alpha value is -2.43. The fourth-order valence-corrected chi connectivity index (χ4v) is 3.46. The summed E-state index contributed by atoms with van der Waals surface area (Å²) in [6.45, 7) is 1.82. The van der Waals surface area contributed by atoms with Crippen molar-refractivity contribution in [2.45, 2.75) is 24.4 Å². The fraction of sp³-hybridized carbons (Fsp3) is 0.294. The second-order valence-electron chi connectivity index (χ2n) is 5.70. The number of aromatic nitrogens is 3. The van der Waals surface area contributed by atoms with E-state index < -0.39 is 18.1 Å². The Morgan fingerprint density at radius 2 is 1.82 bits per heavy atom. The summed E-state index contributed by atoms with van der Waals surface area (Å²) in [5.41, 5.74) is -0.196. The number of benzene rings is 1. The number of hydrogen-bond acceptors (Lipinski definition) is 4. The van der Waals surface area contributed by atoms with E-state index in [4.69, 9.17) is 0 Å². The van der Waals surface area contributed by atoms with E-state index in [1.54, 1.807) is 7.05 Å². The molecule has 0 spiro atoms. The van der Waals surface area contributed by atoms with Crippen LogP contribution in [0.3, 0.4) is 0 Å². The number of aryl methyl sites for hydroxylation is 1. The lowest BCUT2D eigenvalue weighted by Crippen LogP contribution is -2.17. The van der Waals surface area contributed by atoms with Gasteiger partial charge in [-0.05, 0) is 30.0 Å². The zero-order valence-corrected chi connectivity index (χ0v) is 15.3. The predicted octanol–water partition coefficient (Wildman–Crippen LogP) is 5.66. The van der Waals surface area contributed by atoms with Crippen molar-refractivity contribution in [1.82, 2.24) is 14.5 Å². The molecule has 0 amide bonds. The molecule has 0 saturated carbocycles. The van der Waals surface area contributed by atoms with E-state index in [9.17, 15) is 26.3 Å². The van der Waals surface area contributed by atoms with Crippen LogP contribution in [0.4, 0.5) is 26.3 Å². The normalized spacial score (nSPS) is 12.6. The van der Waals surface area contributed by atoms with Gasteiger partial charge in [-0.1, -0.05) is 6.92 Å². The first kappa shape index (κ1) is 20.3. The SMILES string of the molecule is CCSc1cc(OC(F)(F)F)ccc1-c1nc2cc(C(F)(F)F)cnc2n1C. The molecule has 0 atom stereocenters. The van der Waals surface area contributed by atoms with E-state index in [0.29, 0.717) is 16.2 Å². The number of thioether (sulfide) groups is 1. The van der Waals surface area contributed by atoms with Crippen LogP contribution < -0.4 is 4.74 Å². The van der Waals surface area contributed by atoms with Crippen LogP contribution in [0.1, 0.15) is 12.5 Å². The molecular formula is C17H13F6N3OS. The highest BCUT2D eigenvalue weighted by molar-refractivity contribution is 7.99. The molecule has 0 N–H and O–H groups in total. The number of alkyl halides is 6. The quantitative estimate of drug-likeness (QED) is 0.402. The minimum atomic E-state index is -4.83. The minimum Gasteiger partial charge on any atom is -0.406 e. The highest BCUT2D eigenvalue weighted by Gasteiger charge is 2.33. The Morgan fingerprint density at radius 3 is 2.43 bits per heavy atom. The molecule has 1 aromatic carbocycles. The number of nitrogens with zero attached hydrogens (tertiary/aromatic N) is 3. The van der Waals surface area contributed by atoms with Crippen LogP contribution in [0.2, 0.25) is 0 Å². The van der Waals surface area contributed by atoms with Gasteiger partial charge < -0.3 is 9.30 Å². The lowest BCUT2D eigenvalue weighted by Gasteiger charge is -2.13. The summed E-state index contributed by atoms with van der Waals surface area (Å²) in [7, 11) is 1.57. The summed E-state index contributed by atoms with van der Waals surface area (Å²) >= 11 is 1.26. The molecule has 0 fully saturated rings. The lowest BCUT2D eigenvalue weighted by atomic mass is 10.2. The predicted molar refractivity (Wildman–Crippen MR) is 92.0 cm³/mol. The third kappa shape index (κ3) is 4.18. The maximum atomic E-state index is 12.9. The van der Waals surface area contributed by atoms with Crippen molar-refractivity contribution in [2.24, 2.45) is 7.05 Å². The van der Waals surface area contributed by atoms with Gasteiger partial charge in [0.2, 0.25) is 0 Å². The average molecular weight is 421 g/mol. The summed E-state index contributed by atoms with van der Waals surface area (Å²) in [4.78, 5) is 8.52. The smallest absolute Gasteiger partial charge is 0.406 e. The van der Waals surface area contributed by atoms with Gasteiger partial charge in [-0.15, -0.1) is 24.9 Å². The van der Waals surface area contributed by atoms with Gasteiger partial charge in [0.25, 0.3) is 0 Å². The molecule has 28 heavy (non-hydrogen) atoms. The van der Waals surface area contributed by atoms with Gasteiger partial charge in [-0.2, -0.15) is 13.2 Å². The molecule has 0 aliphatic heterocycles. The number of ether oxygens (including phenoxy) is 1. The summed E-state index contributed by atoms with van der Waals surface area (Å²) in [6.07, 6.45) is -8.67. The first-order valence-electron chi connectivity index (χ1n) is 7.92. The average Bonchev–Trinajstić information content (AvgIpc) is 2.89. The molecule has 0 bridgehead atoms. The van der Waals surface area contributed by atoms with Gasteiger partial charge in [-0.3, -0.25) is 0 Å². The first-order chi connectivity index (χ1) is 13.0. The topological polar surface area (TPSA) is 39.9 Å². The lowest BCUT2D eigenvalue weighted by molar-refractivity contribution is -0.274. The van der Waals surface area contributed by atoms with E-state index in [2.05, 4.69) is 14.7 Å². The molecule has 2 heterocycles. The zero-order chi connectivity index (χ0) is 20.7. The number of halogens is 6. The largest absolute Gasteiger partial charge is 0.573 e. The molecule has 0 aliphatic carbocycles. The Balaban J connectivity index is 2.11. The Kier molecular flexibility index (Phi) is 5.22. The van der Waals surface area contributed by atoms with E-state index in [1.807, 2.05) is 6.92 Å². The monoisotopic (exact) mass is 421 g/mol. The molecule has 150 valence electrons. The van der Waals surface area contributed by atoms with Crippen molar-refractivity contribution in [3.8, 4) is 17.1 Å². The third-order valence-electron chi connectivity index (χ3n) is 3.76. The van der Waals surface area contributed by atoms with Crippen LogP contribution in [0.15, 0.2) is 35.4 Å². The molecule has 2 aromatic heterocycles. The van der Waals surface area contributed by atoms with Crippen molar-refractivity contribution in [3.63, 3.8) is 0 Å². The maximum absolute atomic E-state index is 12.9. The Bertz CT molecular complexity index is 1010. The highest BCUT2D eigenvalue weighted by Crippen LogP contribution is 2.37. The van der Waals surface area contributed by atoms with Crippen molar-refractivity contribution in [2.75, 3.05) is 5.75 Å². The number of imidazole rings is 1. The van der Waals surface area contributed by atoms with Crippen LogP contribution in [0.5, 0.6) is 5.75 Å². The van der Waals surface area contributed by atoms with Gasteiger partial charge in [0.05, 0.1) is 5.56 Å². The van der Waals surface area contributed by atoms with Crippen molar-refractivity contribution < 1.29 is 31.1 Å². The highest BCUT2D eigenvalue weighted by atomic mass is 32.2. The summed E-state index contributed by atoms with van der Waals surface area (Å²) in [6, 6.07) is 4.64. The molecule has 0 unspecified atom stereocenters. The van der Waals surface area contributed by atoms with Crippen LogP contribution in [-0.4, -0.2) is 26.7 Å². The van der Waals surface area contributed by atoms with E-state index in [1.165, 1.54) is 28.5 Å². The van der Waals surface area contributed by atoms with E-state index in [-0.39, 0.29) is 22.7 Å². The number of hydrogen-bond donors (Lipinski definition) is 0. The maximum Gasteiger partial charge on any atom is 0.573 e. The summed E-state index contributed by atoms with van der Waals surface area (Å²) in [5.74, 6) is 0.461. The molecule has 3 aromatic rings. The molecule has 0 aliphatic rings. The van der Waals surface area contributed by atoms with E-state index in [0.717, 1.165) is 18.3 Å². The van der Waals surface area contributed by atoms with Crippen LogP contribution in [0.25, 0.3) is 22.6 Å². The van der Waals surface area contributed by atoms with Gasteiger partial charge in [0.1, 0.15) is 17.1 Å². The minimum absolute atomic E-state index is 0.0374. The standard InChI is InChI=1S/C17H13F6N3OS/c1-3-28-13-7-10(27-17(21,22)23)4-5-11(13)14-25-12-6-9(16(18,19)20)8-24-15(12)26(14)2/h4-8H,3H2,1-2H3. The molecule has 4 nitrogen and oxygen atoms in total. The van der Waals surface area contributed by atoms with Crippen LogP contribution in [-0.2, 0) is 13.2 Å². The van der Waals surface area contributed by atoms with Crippen molar-refractivity contribution >= 4 is 22.9 Å². The van der Waals surface area contributed by atoms with Crippen LogP contribution >= 0.6 is 11.8 Å². The molecule has 3 rings (SSSR count). The van der Waals surface area contributed by atoms with Crippen molar-refractivity contribution in [3.05, 3.63) is 36.0 Å². The molecule has 0 radical (unpaired) electrons. The third-order valence-corrected chi connectivity index (χ3v) is 4.70. The fourth-order valence-electron chi connectivity index (χ4n) is 2.63. The summed E-state index contributed by atoms with van der Waals surface area (Å²) in [5, 5.41) is 0. The summed E-state index contributed by atoms with van der Waals surface area (Å²) < 4.78 is 81.6. The van der Waals surface area contributed by atoms with E-state index >= 15 is 0 Å². The molecule has 0 saturated heterocycles. The van der Waals surface area contributed by atoms with Gasteiger partial charge >= 0.3 is 12.5 Å². The van der Waals surface area contributed by atoms with Gasteiger partial charge in [-0.25, -0.2) is 9.97 Å². The zero-order valence-electron chi connectivity index (χ0n) is 14.5. The number of rotatable bonds is 4. The Labute approximate surface area is 159 Å². The van der Waals surface area contributed by atoms with Crippen LogP contribution in [0, 0.1) is 0 Å². The second-order valence-corrected chi connectivity index (χ2v) is 7.00. The first-order valence-corrected chi connectivity index (χ1v) is 8.91. The number of pyridine rings is 1. The molecular weight excluding hydrogens is 408 g/mol. The molecule has 11 heteroatoms. The van der Waals surface area contributed by atoms with Crippen molar-refractivity contribution in [1.29, 1.82) is 0 Å². The van der Waals surface area contributed by atoms with Gasteiger partial charge in [0.15, 0.2) is 5.65 Å².